The van der Waals surface area contributed by atoms with Gasteiger partial charge >= 0.3 is 6.09 Å². The second kappa shape index (κ2) is 4.11. The van der Waals surface area contributed by atoms with Crippen molar-refractivity contribution in [2.45, 2.75) is 5.16 Å². The highest BCUT2D eigenvalue weighted by Crippen LogP contribution is 2.19. The van der Waals surface area contributed by atoms with Gasteiger partial charge in [0.15, 0.2) is 0 Å². The third-order valence-electron chi connectivity index (χ3n) is 1.29. The molecule has 0 aliphatic heterocycles. The number of nitrogens with one attached hydrogen (secondary N) is 1. The maximum absolute atomic E-state index is 11.0. The molecule has 1 heterocycles. The average Bonchev–Trinajstić information content (AvgIpc) is 2.05. The Morgan fingerprint density at radius 2 is 2.20 bits per heavy atom. The Hall–Kier alpha value is -1.22. The Kier molecular flexibility index (Phi) is 3.25. The molecule has 2 N–H and O–H groups in total. The van der Waals surface area contributed by atoms with Gasteiger partial charge in [-0.1, -0.05) is 0 Å². The lowest BCUT2D eigenvalue weighted by molar-refractivity contribution is 0.209. The lowest BCUT2D eigenvalue weighted by Gasteiger charge is -2.03. The molecule has 7 nitrogen and oxygen atoms in total. The Balaban J connectivity index is 3.15. The quantitative estimate of drug-likeness (QED) is 0.615. The van der Waals surface area contributed by atoms with Crippen molar-refractivity contribution >= 4 is 37.5 Å². The third-order valence-corrected chi connectivity index (χ3v) is 2.76. The van der Waals surface area contributed by atoms with Crippen LogP contribution in [0.3, 0.4) is 0 Å². The number of carbonyl (C=O) groups is 1. The van der Waals surface area contributed by atoms with Gasteiger partial charge in [-0.25, -0.2) is 23.2 Å². The van der Waals surface area contributed by atoms with Crippen LogP contribution in [0.25, 0.3) is 0 Å². The predicted molar refractivity (Wildman–Crippen MR) is 54.5 cm³/mol. The summed E-state index contributed by atoms with van der Waals surface area (Å²) < 4.78 is 22.1. The van der Waals surface area contributed by atoms with Crippen LogP contribution in [0.2, 0.25) is 0 Å². The highest BCUT2D eigenvalue weighted by Gasteiger charge is 2.14. The van der Waals surface area contributed by atoms with Gasteiger partial charge in [0.1, 0.15) is 4.60 Å². The number of hydrogen-bond acceptors (Lipinski definition) is 5. The molecular weight excluding hydrogens is 290 g/mol. The van der Waals surface area contributed by atoms with E-state index in [1.54, 1.807) is 0 Å². The molecule has 0 atom stereocenters. The number of sulfone groups is 1. The van der Waals surface area contributed by atoms with Crippen LogP contribution < -0.4 is 5.32 Å². The number of halogens is 1. The lowest BCUT2D eigenvalue weighted by Crippen LogP contribution is -2.11. The number of aromatic nitrogens is 2. The van der Waals surface area contributed by atoms with E-state index in [-0.39, 0.29) is 15.4 Å². The molecule has 0 unspecified atom stereocenters. The van der Waals surface area contributed by atoms with Gasteiger partial charge in [-0.05, 0) is 15.9 Å². The second-order valence-electron chi connectivity index (χ2n) is 2.56. The summed E-state index contributed by atoms with van der Waals surface area (Å²) in [6, 6.07) is 0. The summed E-state index contributed by atoms with van der Waals surface area (Å²) in [5.41, 5.74) is 0.0786. The molecular formula is C6H6BrN3O4S. The van der Waals surface area contributed by atoms with Gasteiger partial charge in [-0.3, -0.25) is 5.32 Å². The minimum atomic E-state index is -3.50. The van der Waals surface area contributed by atoms with Gasteiger partial charge in [0.05, 0.1) is 11.9 Å². The number of hydrogen-bond donors (Lipinski definition) is 2. The van der Waals surface area contributed by atoms with E-state index in [0.717, 1.165) is 12.5 Å². The highest BCUT2D eigenvalue weighted by molar-refractivity contribution is 9.10. The van der Waals surface area contributed by atoms with Crippen molar-refractivity contribution in [1.29, 1.82) is 0 Å². The number of amides is 1. The first kappa shape index (κ1) is 11.9. The molecule has 0 aliphatic carbocycles. The fraction of sp³-hybridized carbons (Fsp3) is 0.167. The molecule has 0 fully saturated rings. The Morgan fingerprint density at radius 3 is 2.60 bits per heavy atom. The largest absolute Gasteiger partial charge is 0.465 e. The van der Waals surface area contributed by atoms with Gasteiger partial charge < -0.3 is 5.11 Å². The average molecular weight is 296 g/mol. The Labute approximate surface area is 93.6 Å². The van der Waals surface area contributed by atoms with Crippen LogP contribution >= 0.6 is 15.9 Å². The van der Waals surface area contributed by atoms with Crippen molar-refractivity contribution in [2.75, 3.05) is 11.6 Å². The zero-order chi connectivity index (χ0) is 11.6. The molecule has 0 radical (unpaired) electrons. The summed E-state index contributed by atoms with van der Waals surface area (Å²) >= 11 is 2.93. The molecule has 1 aromatic rings. The maximum atomic E-state index is 11.0. The van der Waals surface area contributed by atoms with Crippen molar-refractivity contribution in [3.8, 4) is 0 Å². The number of carboxylic acid groups (broad SMARTS) is 1. The van der Waals surface area contributed by atoms with Crippen molar-refractivity contribution < 1.29 is 18.3 Å². The summed E-state index contributed by atoms with van der Waals surface area (Å²) in [4.78, 5) is 17.4. The van der Waals surface area contributed by atoms with Crippen LogP contribution in [0.4, 0.5) is 10.5 Å². The molecule has 15 heavy (non-hydrogen) atoms. The SMILES string of the molecule is CS(=O)(=O)c1ncc(NC(=O)O)c(Br)n1. The van der Waals surface area contributed by atoms with Gasteiger partial charge in [-0.2, -0.15) is 0 Å². The van der Waals surface area contributed by atoms with E-state index < -0.39 is 15.9 Å². The van der Waals surface area contributed by atoms with Gasteiger partial charge in [0.25, 0.3) is 0 Å². The van der Waals surface area contributed by atoms with Crippen molar-refractivity contribution in [3.05, 3.63) is 10.8 Å². The van der Waals surface area contributed by atoms with Crippen LogP contribution in [-0.4, -0.2) is 35.8 Å². The molecule has 0 aromatic carbocycles. The first-order valence-corrected chi connectivity index (χ1v) is 6.21. The Morgan fingerprint density at radius 1 is 1.60 bits per heavy atom. The molecule has 1 aromatic heterocycles. The van der Waals surface area contributed by atoms with Gasteiger partial charge in [-0.15, -0.1) is 0 Å². The van der Waals surface area contributed by atoms with Crippen LogP contribution in [0.15, 0.2) is 16.0 Å². The normalized spacial score (nSPS) is 11.1. The fourth-order valence-electron chi connectivity index (χ4n) is 0.724. The van der Waals surface area contributed by atoms with Crippen LogP contribution in [0.5, 0.6) is 0 Å². The molecule has 9 heteroatoms. The first-order valence-electron chi connectivity index (χ1n) is 3.53. The monoisotopic (exact) mass is 295 g/mol. The van der Waals surface area contributed by atoms with E-state index in [4.69, 9.17) is 5.11 Å². The van der Waals surface area contributed by atoms with E-state index in [9.17, 15) is 13.2 Å². The van der Waals surface area contributed by atoms with Gasteiger partial charge in [0, 0.05) is 6.26 Å². The number of nitrogens with zero attached hydrogens (tertiary/aromatic N) is 2. The number of rotatable bonds is 2. The first-order chi connectivity index (χ1) is 6.80. The standard InChI is InChI=1S/C6H6BrN3O4S/c1-15(13,14)5-8-2-3(4(7)10-5)9-6(11)12/h2,9H,1H3,(H,11,12). The zero-order valence-electron chi connectivity index (χ0n) is 7.43. The van der Waals surface area contributed by atoms with Crippen LogP contribution in [0, 0.1) is 0 Å². The van der Waals surface area contributed by atoms with E-state index in [0.29, 0.717) is 0 Å². The Bertz CT molecular complexity index is 501. The molecule has 0 saturated carbocycles. The van der Waals surface area contributed by atoms with Crippen molar-refractivity contribution in [2.24, 2.45) is 0 Å². The van der Waals surface area contributed by atoms with E-state index in [2.05, 4.69) is 25.9 Å². The maximum Gasteiger partial charge on any atom is 0.409 e. The summed E-state index contributed by atoms with van der Waals surface area (Å²) in [5, 5.41) is 10.0. The third kappa shape index (κ3) is 3.13. The molecule has 82 valence electrons. The molecule has 1 amide bonds. The number of anilines is 1. The predicted octanol–water partition coefficient (Wildman–Crippen LogP) is 0.733. The topological polar surface area (TPSA) is 109 Å². The van der Waals surface area contributed by atoms with Crippen molar-refractivity contribution in [1.82, 2.24) is 9.97 Å². The minimum absolute atomic E-state index is 0.0697. The van der Waals surface area contributed by atoms with Crippen molar-refractivity contribution in [3.63, 3.8) is 0 Å². The van der Waals surface area contributed by atoms with E-state index in [1.165, 1.54) is 0 Å². The van der Waals surface area contributed by atoms with Crippen LogP contribution in [0.1, 0.15) is 0 Å². The highest BCUT2D eigenvalue weighted by atomic mass is 79.9. The minimum Gasteiger partial charge on any atom is -0.465 e. The fourth-order valence-corrected chi connectivity index (χ4v) is 1.71. The summed E-state index contributed by atoms with van der Waals surface area (Å²) in [6.45, 7) is 0. The summed E-state index contributed by atoms with van der Waals surface area (Å²) in [7, 11) is -3.50. The lowest BCUT2D eigenvalue weighted by atomic mass is 10.5. The smallest absolute Gasteiger partial charge is 0.409 e. The molecule has 1 rings (SSSR count). The molecule has 0 spiro atoms. The van der Waals surface area contributed by atoms with Gasteiger partial charge in [0.2, 0.25) is 15.0 Å². The molecule has 0 aliphatic rings. The summed E-state index contributed by atoms with van der Waals surface area (Å²) in [6.07, 6.45) is 0.743. The summed E-state index contributed by atoms with van der Waals surface area (Å²) in [5.74, 6) is 0. The van der Waals surface area contributed by atoms with Crippen LogP contribution in [-0.2, 0) is 9.84 Å². The molecule has 0 saturated heterocycles. The second-order valence-corrected chi connectivity index (χ2v) is 5.22. The van der Waals surface area contributed by atoms with E-state index >= 15 is 0 Å². The zero-order valence-corrected chi connectivity index (χ0v) is 9.83. The molecule has 0 bridgehead atoms. The van der Waals surface area contributed by atoms with E-state index in [1.807, 2.05) is 5.32 Å².